The third-order valence-corrected chi connectivity index (χ3v) is 5.35. The number of ether oxygens (including phenoxy) is 1. The maximum absolute atomic E-state index is 12.1. The number of fused-ring (bicyclic) bond motifs is 1. The Morgan fingerprint density at radius 2 is 2.17 bits per heavy atom. The number of thiazole rings is 1. The molecular formula is C17H22N4O2S. The van der Waals surface area contributed by atoms with Gasteiger partial charge in [-0.2, -0.15) is 0 Å². The Labute approximate surface area is 145 Å². The van der Waals surface area contributed by atoms with Gasteiger partial charge >= 0.3 is 0 Å². The summed E-state index contributed by atoms with van der Waals surface area (Å²) >= 11 is 1.60. The first-order chi connectivity index (χ1) is 11.8. The van der Waals surface area contributed by atoms with Crippen molar-refractivity contribution in [2.24, 2.45) is 0 Å². The highest BCUT2D eigenvalue weighted by molar-refractivity contribution is 7.22. The van der Waals surface area contributed by atoms with Crippen LogP contribution >= 0.6 is 11.3 Å². The molecule has 1 amide bonds. The molecule has 2 aliphatic rings. The number of nitrogens with zero attached hydrogens (tertiary/aromatic N) is 2. The molecule has 0 unspecified atom stereocenters. The molecule has 0 bridgehead atoms. The van der Waals surface area contributed by atoms with E-state index >= 15 is 0 Å². The molecule has 1 aliphatic heterocycles. The van der Waals surface area contributed by atoms with E-state index in [2.05, 4.69) is 20.5 Å². The van der Waals surface area contributed by atoms with Crippen LogP contribution in [0.1, 0.15) is 23.2 Å². The maximum atomic E-state index is 12.1. The van der Waals surface area contributed by atoms with Crippen molar-refractivity contribution in [2.75, 3.05) is 44.7 Å². The molecule has 1 saturated heterocycles. The quantitative estimate of drug-likeness (QED) is 0.837. The van der Waals surface area contributed by atoms with Gasteiger partial charge in [0.05, 0.1) is 23.4 Å². The lowest BCUT2D eigenvalue weighted by molar-refractivity contribution is 0.0398. The number of rotatable bonds is 6. The summed E-state index contributed by atoms with van der Waals surface area (Å²) in [7, 11) is 0. The number of morpholine rings is 1. The molecular weight excluding hydrogens is 324 g/mol. The number of benzene rings is 1. The minimum Gasteiger partial charge on any atom is -0.379 e. The van der Waals surface area contributed by atoms with Gasteiger partial charge < -0.3 is 15.4 Å². The Bertz CT molecular complexity index is 722. The van der Waals surface area contributed by atoms with Crippen LogP contribution in [0.3, 0.4) is 0 Å². The molecule has 1 aliphatic carbocycles. The largest absolute Gasteiger partial charge is 0.379 e. The first kappa shape index (κ1) is 15.8. The van der Waals surface area contributed by atoms with Gasteiger partial charge in [0.2, 0.25) is 0 Å². The van der Waals surface area contributed by atoms with Crippen molar-refractivity contribution >= 4 is 32.6 Å². The molecule has 6 nitrogen and oxygen atoms in total. The summed E-state index contributed by atoms with van der Waals surface area (Å²) in [5.74, 6) is 0.0228. The molecule has 2 fully saturated rings. The van der Waals surface area contributed by atoms with Gasteiger partial charge in [0.15, 0.2) is 5.13 Å². The molecule has 2 N–H and O–H groups in total. The zero-order valence-electron chi connectivity index (χ0n) is 13.6. The number of amides is 1. The van der Waals surface area contributed by atoms with E-state index in [1.54, 1.807) is 11.3 Å². The summed E-state index contributed by atoms with van der Waals surface area (Å²) in [5.41, 5.74) is 1.66. The second-order valence-electron chi connectivity index (χ2n) is 6.33. The third-order valence-electron chi connectivity index (χ3n) is 4.37. The van der Waals surface area contributed by atoms with Gasteiger partial charge in [-0.1, -0.05) is 11.3 Å². The predicted molar refractivity (Wildman–Crippen MR) is 95.9 cm³/mol. The van der Waals surface area contributed by atoms with Gasteiger partial charge in [-0.15, -0.1) is 0 Å². The van der Waals surface area contributed by atoms with Gasteiger partial charge in [0.25, 0.3) is 5.91 Å². The van der Waals surface area contributed by atoms with Crippen molar-refractivity contribution in [1.29, 1.82) is 0 Å². The Morgan fingerprint density at radius 3 is 2.96 bits per heavy atom. The van der Waals surface area contributed by atoms with Gasteiger partial charge in [0, 0.05) is 37.8 Å². The van der Waals surface area contributed by atoms with Gasteiger partial charge in [-0.05, 0) is 31.0 Å². The summed E-state index contributed by atoms with van der Waals surface area (Å²) in [4.78, 5) is 19.1. The van der Waals surface area contributed by atoms with E-state index in [0.717, 1.165) is 73.1 Å². The highest BCUT2D eigenvalue weighted by atomic mass is 32.1. The van der Waals surface area contributed by atoms with Gasteiger partial charge in [-0.3, -0.25) is 9.69 Å². The zero-order chi connectivity index (χ0) is 16.4. The van der Waals surface area contributed by atoms with Crippen LogP contribution in [-0.2, 0) is 4.74 Å². The van der Waals surface area contributed by atoms with Crippen molar-refractivity contribution in [1.82, 2.24) is 15.2 Å². The molecule has 2 aromatic rings. The molecule has 1 aromatic heterocycles. The van der Waals surface area contributed by atoms with E-state index in [1.807, 2.05) is 18.2 Å². The van der Waals surface area contributed by atoms with Crippen LogP contribution < -0.4 is 10.6 Å². The van der Waals surface area contributed by atoms with Crippen LogP contribution in [0.25, 0.3) is 10.2 Å². The second-order valence-corrected chi connectivity index (χ2v) is 7.36. The third kappa shape index (κ3) is 3.85. The minimum atomic E-state index is 0.0228. The van der Waals surface area contributed by atoms with Crippen LogP contribution in [0.15, 0.2) is 18.2 Å². The number of carbonyl (C=O) groups is 1. The van der Waals surface area contributed by atoms with E-state index in [-0.39, 0.29) is 5.91 Å². The highest BCUT2D eigenvalue weighted by Gasteiger charge is 2.24. The van der Waals surface area contributed by atoms with Crippen LogP contribution in [0.4, 0.5) is 5.13 Å². The Kier molecular flexibility index (Phi) is 4.64. The summed E-state index contributed by atoms with van der Waals surface area (Å²) in [6.45, 7) is 5.52. The van der Waals surface area contributed by atoms with Crippen molar-refractivity contribution in [3.63, 3.8) is 0 Å². The van der Waals surface area contributed by atoms with Crippen molar-refractivity contribution in [3.05, 3.63) is 23.8 Å². The molecule has 0 radical (unpaired) electrons. The smallest absolute Gasteiger partial charge is 0.251 e. The molecule has 0 atom stereocenters. The maximum Gasteiger partial charge on any atom is 0.251 e. The molecule has 0 spiro atoms. The van der Waals surface area contributed by atoms with Crippen LogP contribution in [0, 0.1) is 0 Å². The summed E-state index contributed by atoms with van der Waals surface area (Å²) < 4.78 is 6.41. The number of hydrogen-bond donors (Lipinski definition) is 2. The lowest BCUT2D eigenvalue weighted by Crippen LogP contribution is -2.38. The first-order valence-corrected chi connectivity index (χ1v) is 9.35. The fraction of sp³-hybridized carbons (Fsp3) is 0.529. The van der Waals surface area contributed by atoms with E-state index in [9.17, 15) is 4.79 Å². The lowest BCUT2D eigenvalue weighted by Gasteiger charge is -2.26. The Balaban J connectivity index is 1.36. The number of hydrogen-bond acceptors (Lipinski definition) is 6. The molecule has 7 heteroatoms. The normalized spacial score (nSPS) is 18.7. The SMILES string of the molecule is O=C(NC1CC1)c1ccc2nc(NCCN3CCOCC3)sc2c1. The second kappa shape index (κ2) is 7.04. The summed E-state index contributed by atoms with van der Waals surface area (Å²) in [5, 5.41) is 7.34. The van der Waals surface area contributed by atoms with Crippen LogP contribution in [-0.4, -0.2) is 61.2 Å². The molecule has 1 aromatic carbocycles. The molecule has 128 valence electrons. The Morgan fingerprint density at radius 1 is 1.33 bits per heavy atom. The monoisotopic (exact) mass is 346 g/mol. The van der Waals surface area contributed by atoms with E-state index in [4.69, 9.17) is 4.74 Å². The van der Waals surface area contributed by atoms with E-state index in [0.29, 0.717) is 6.04 Å². The van der Waals surface area contributed by atoms with Crippen molar-refractivity contribution in [3.8, 4) is 0 Å². The molecule has 24 heavy (non-hydrogen) atoms. The van der Waals surface area contributed by atoms with Crippen molar-refractivity contribution in [2.45, 2.75) is 18.9 Å². The number of aromatic nitrogens is 1. The first-order valence-electron chi connectivity index (χ1n) is 8.53. The fourth-order valence-corrected chi connectivity index (χ4v) is 3.71. The zero-order valence-corrected chi connectivity index (χ0v) is 14.4. The summed E-state index contributed by atoms with van der Waals surface area (Å²) in [6, 6.07) is 6.11. The lowest BCUT2D eigenvalue weighted by atomic mass is 10.2. The molecule has 2 heterocycles. The van der Waals surface area contributed by atoms with E-state index in [1.165, 1.54) is 0 Å². The highest BCUT2D eigenvalue weighted by Crippen LogP contribution is 2.27. The Hall–Kier alpha value is -1.70. The summed E-state index contributed by atoms with van der Waals surface area (Å²) in [6.07, 6.45) is 2.21. The molecule has 1 saturated carbocycles. The van der Waals surface area contributed by atoms with Gasteiger partial charge in [-0.25, -0.2) is 4.98 Å². The van der Waals surface area contributed by atoms with Crippen LogP contribution in [0.2, 0.25) is 0 Å². The fourth-order valence-electron chi connectivity index (χ4n) is 2.78. The number of carbonyl (C=O) groups excluding carboxylic acids is 1. The molecule has 4 rings (SSSR count). The standard InChI is InChI=1S/C17H22N4O2S/c22-16(19-13-2-3-13)12-1-4-14-15(11-12)24-17(20-14)18-5-6-21-7-9-23-10-8-21/h1,4,11,13H,2-3,5-10H2,(H,18,20)(H,19,22). The van der Waals surface area contributed by atoms with Crippen molar-refractivity contribution < 1.29 is 9.53 Å². The van der Waals surface area contributed by atoms with Gasteiger partial charge in [0.1, 0.15) is 0 Å². The number of nitrogens with one attached hydrogen (secondary N) is 2. The predicted octanol–water partition coefficient (Wildman–Crippen LogP) is 1.93. The van der Waals surface area contributed by atoms with Crippen LogP contribution in [0.5, 0.6) is 0 Å². The topological polar surface area (TPSA) is 66.5 Å². The average Bonchev–Trinajstić information content (AvgIpc) is 3.32. The van der Waals surface area contributed by atoms with E-state index < -0.39 is 0 Å². The minimum absolute atomic E-state index is 0.0228. The average molecular weight is 346 g/mol. The number of anilines is 1.